The minimum atomic E-state index is 0.385. The molecule has 1 saturated carbocycles. The van der Waals surface area contributed by atoms with Crippen molar-refractivity contribution in [1.82, 2.24) is 15.8 Å². The molecule has 1 aliphatic carbocycles. The van der Waals surface area contributed by atoms with Gasteiger partial charge in [-0.15, -0.1) is 0 Å². The summed E-state index contributed by atoms with van der Waals surface area (Å²) in [5.74, 6) is 2.07. The van der Waals surface area contributed by atoms with Crippen molar-refractivity contribution < 1.29 is 4.52 Å². The van der Waals surface area contributed by atoms with E-state index in [2.05, 4.69) is 48.5 Å². The molecule has 0 unspecified atom stereocenters. The minimum absolute atomic E-state index is 0.385. The highest BCUT2D eigenvalue weighted by Gasteiger charge is 2.34. The van der Waals surface area contributed by atoms with Crippen molar-refractivity contribution in [3.63, 3.8) is 0 Å². The van der Waals surface area contributed by atoms with Crippen LogP contribution < -0.4 is 10.6 Å². The summed E-state index contributed by atoms with van der Waals surface area (Å²) >= 11 is 0. The average molecular weight is 306 g/mol. The summed E-state index contributed by atoms with van der Waals surface area (Å²) in [6.07, 6.45) is 5.25. The number of hydrogen-bond acceptors (Lipinski definition) is 3. The molecule has 0 aliphatic heterocycles. The van der Waals surface area contributed by atoms with Gasteiger partial charge in [0.1, 0.15) is 6.54 Å². The monoisotopic (exact) mass is 306 g/mol. The van der Waals surface area contributed by atoms with E-state index in [1.807, 2.05) is 6.07 Å². The number of nitrogens with zero attached hydrogens (tertiary/aromatic N) is 2. The van der Waals surface area contributed by atoms with Crippen molar-refractivity contribution in [2.24, 2.45) is 10.4 Å². The fraction of sp³-hybridized carbons (Fsp3) is 0.765. The molecule has 5 nitrogen and oxygen atoms in total. The molecule has 0 bridgehead atoms. The SMILES string of the molecule is CCNC(=NCc1cc(C(C)C)no1)NCC1(CC)CCC1. The Morgan fingerprint density at radius 2 is 2.14 bits per heavy atom. The van der Waals surface area contributed by atoms with Gasteiger partial charge in [0.15, 0.2) is 11.7 Å². The molecule has 0 aromatic carbocycles. The molecule has 5 heteroatoms. The lowest BCUT2D eigenvalue weighted by atomic mass is 9.67. The number of aromatic nitrogens is 1. The van der Waals surface area contributed by atoms with Crippen LogP contribution in [0.1, 0.15) is 70.8 Å². The highest BCUT2D eigenvalue weighted by atomic mass is 16.5. The van der Waals surface area contributed by atoms with E-state index < -0.39 is 0 Å². The van der Waals surface area contributed by atoms with Gasteiger partial charge < -0.3 is 15.2 Å². The molecule has 1 heterocycles. The fourth-order valence-corrected chi connectivity index (χ4v) is 2.78. The van der Waals surface area contributed by atoms with E-state index in [1.165, 1.54) is 25.7 Å². The van der Waals surface area contributed by atoms with Gasteiger partial charge in [0.2, 0.25) is 0 Å². The molecule has 0 spiro atoms. The lowest BCUT2D eigenvalue weighted by molar-refractivity contribution is 0.131. The zero-order valence-corrected chi connectivity index (χ0v) is 14.4. The minimum Gasteiger partial charge on any atom is -0.359 e. The average Bonchev–Trinajstić information content (AvgIpc) is 2.93. The molecule has 22 heavy (non-hydrogen) atoms. The topological polar surface area (TPSA) is 62.5 Å². The van der Waals surface area contributed by atoms with Gasteiger partial charge in [-0.3, -0.25) is 0 Å². The number of nitrogens with one attached hydrogen (secondary N) is 2. The van der Waals surface area contributed by atoms with Crippen LogP contribution in [0.15, 0.2) is 15.6 Å². The second kappa shape index (κ2) is 7.65. The Hall–Kier alpha value is -1.52. The normalized spacial score (nSPS) is 17.4. The van der Waals surface area contributed by atoms with Crippen LogP contribution in [-0.4, -0.2) is 24.2 Å². The van der Waals surface area contributed by atoms with Crippen LogP contribution in [0, 0.1) is 5.41 Å². The van der Waals surface area contributed by atoms with Crippen molar-refractivity contribution in [3.8, 4) is 0 Å². The van der Waals surface area contributed by atoms with Gasteiger partial charge in [0.25, 0.3) is 0 Å². The van der Waals surface area contributed by atoms with Crippen molar-refractivity contribution in [2.45, 2.75) is 65.8 Å². The first-order valence-corrected chi connectivity index (χ1v) is 8.56. The van der Waals surface area contributed by atoms with Crippen LogP contribution in [0.2, 0.25) is 0 Å². The maximum atomic E-state index is 5.34. The Bertz CT molecular complexity index is 483. The first kappa shape index (κ1) is 16.8. The van der Waals surface area contributed by atoms with Gasteiger partial charge in [-0.25, -0.2) is 4.99 Å². The molecule has 1 aliphatic rings. The van der Waals surface area contributed by atoms with Crippen LogP contribution in [-0.2, 0) is 6.54 Å². The summed E-state index contributed by atoms with van der Waals surface area (Å²) in [4.78, 5) is 4.61. The summed E-state index contributed by atoms with van der Waals surface area (Å²) < 4.78 is 5.34. The maximum Gasteiger partial charge on any atom is 0.191 e. The van der Waals surface area contributed by atoms with Gasteiger partial charge in [0, 0.05) is 19.2 Å². The van der Waals surface area contributed by atoms with Crippen LogP contribution in [0.3, 0.4) is 0 Å². The smallest absolute Gasteiger partial charge is 0.191 e. The fourth-order valence-electron chi connectivity index (χ4n) is 2.78. The highest BCUT2D eigenvalue weighted by Crippen LogP contribution is 2.42. The number of aliphatic imine (C=N–C) groups is 1. The molecule has 0 amide bonds. The third kappa shape index (κ3) is 4.24. The predicted molar refractivity (Wildman–Crippen MR) is 90.0 cm³/mol. The lowest BCUT2D eigenvalue weighted by Crippen LogP contribution is -2.46. The molecule has 0 radical (unpaired) electrons. The van der Waals surface area contributed by atoms with E-state index in [-0.39, 0.29) is 0 Å². The standard InChI is InChI=1S/C17H30N4O/c1-5-17(8-7-9-17)12-20-16(18-6-2)19-11-14-10-15(13(3)4)21-22-14/h10,13H,5-9,11-12H2,1-4H3,(H2,18,19,20). The molecular weight excluding hydrogens is 276 g/mol. The molecule has 0 atom stereocenters. The zero-order valence-electron chi connectivity index (χ0n) is 14.4. The van der Waals surface area contributed by atoms with Crippen molar-refractivity contribution >= 4 is 5.96 Å². The van der Waals surface area contributed by atoms with Gasteiger partial charge in [-0.05, 0) is 37.5 Å². The quantitative estimate of drug-likeness (QED) is 0.598. The first-order valence-electron chi connectivity index (χ1n) is 8.56. The van der Waals surface area contributed by atoms with Gasteiger partial charge in [-0.1, -0.05) is 32.3 Å². The summed E-state index contributed by atoms with van der Waals surface area (Å²) in [5.41, 5.74) is 1.47. The Morgan fingerprint density at radius 3 is 2.64 bits per heavy atom. The number of hydrogen-bond donors (Lipinski definition) is 2. The maximum absolute atomic E-state index is 5.34. The van der Waals surface area contributed by atoms with E-state index in [1.54, 1.807) is 0 Å². The lowest BCUT2D eigenvalue weighted by Gasteiger charge is -2.41. The second-order valence-corrected chi connectivity index (χ2v) is 6.63. The van der Waals surface area contributed by atoms with E-state index in [0.717, 1.165) is 30.5 Å². The Morgan fingerprint density at radius 1 is 1.36 bits per heavy atom. The van der Waals surface area contributed by atoms with Crippen LogP contribution in [0.5, 0.6) is 0 Å². The second-order valence-electron chi connectivity index (χ2n) is 6.63. The summed E-state index contributed by atoms with van der Waals surface area (Å²) in [6, 6.07) is 2.00. The van der Waals surface area contributed by atoms with Gasteiger partial charge in [-0.2, -0.15) is 0 Å². The van der Waals surface area contributed by atoms with Crippen molar-refractivity contribution in [2.75, 3.05) is 13.1 Å². The van der Waals surface area contributed by atoms with E-state index in [9.17, 15) is 0 Å². The molecule has 0 saturated heterocycles. The molecule has 1 fully saturated rings. The number of guanidine groups is 1. The van der Waals surface area contributed by atoms with Crippen molar-refractivity contribution in [3.05, 3.63) is 17.5 Å². The third-order valence-corrected chi connectivity index (χ3v) is 4.70. The zero-order chi connectivity index (χ0) is 16.0. The van der Waals surface area contributed by atoms with E-state index in [0.29, 0.717) is 17.9 Å². The Kier molecular flexibility index (Phi) is 5.86. The number of rotatable bonds is 7. The van der Waals surface area contributed by atoms with Crippen molar-refractivity contribution in [1.29, 1.82) is 0 Å². The van der Waals surface area contributed by atoms with Crippen LogP contribution in [0.4, 0.5) is 0 Å². The summed E-state index contributed by atoms with van der Waals surface area (Å²) in [5, 5.41) is 10.9. The summed E-state index contributed by atoms with van der Waals surface area (Å²) in [7, 11) is 0. The van der Waals surface area contributed by atoms with E-state index >= 15 is 0 Å². The molecule has 2 N–H and O–H groups in total. The largest absolute Gasteiger partial charge is 0.359 e. The summed E-state index contributed by atoms with van der Waals surface area (Å²) in [6.45, 7) is 11.0. The Balaban J connectivity index is 1.91. The third-order valence-electron chi connectivity index (χ3n) is 4.70. The Labute approximate surface area is 133 Å². The molecular formula is C17H30N4O. The molecule has 124 valence electrons. The van der Waals surface area contributed by atoms with Gasteiger partial charge >= 0.3 is 0 Å². The molecule has 1 aromatic rings. The predicted octanol–water partition coefficient (Wildman–Crippen LogP) is 3.43. The van der Waals surface area contributed by atoms with Gasteiger partial charge in [0.05, 0.1) is 5.69 Å². The van der Waals surface area contributed by atoms with Crippen LogP contribution in [0.25, 0.3) is 0 Å². The first-order chi connectivity index (χ1) is 10.6. The highest BCUT2D eigenvalue weighted by molar-refractivity contribution is 5.79. The van der Waals surface area contributed by atoms with E-state index in [4.69, 9.17) is 4.52 Å². The molecule has 2 rings (SSSR count). The van der Waals surface area contributed by atoms with Crippen LogP contribution >= 0.6 is 0 Å². The molecule has 1 aromatic heterocycles.